The number of nitrogen functional groups attached to an aromatic ring is 1. The van der Waals surface area contributed by atoms with Crippen molar-refractivity contribution in [2.45, 2.75) is 0 Å². The van der Waals surface area contributed by atoms with E-state index in [-0.39, 0.29) is 17.1 Å². The zero-order valence-electron chi connectivity index (χ0n) is 10.5. The molecule has 1 aromatic carbocycles. The predicted octanol–water partition coefficient (Wildman–Crippen LogP) is 3.40. The third-order valence-electron chi connectivity index (χ3n) is 2.91. The number of hydrogen-bond donors (Lipinski definition) is 1. The summed E-state index contributed by atoms with van der Waals surface area (Å²) in [7, 11) is 0. The lowest BCUT2D eigenvalue weighted by Crippen LogP contribution is -1.95. The van der Waals surface area contributed by atoms with Gasteiger partial charge < -0.3 is 10.3 Å². The Labute approximate surface area is 117 Å². The first kappa shape index (κ1) is 13.2. The molecule has 0 aliphatic carbocycles. The Kier molecular flexibility index (Phi) is 3.09. The van der Waals surface area contributed by atoms with Crippen molar-refractivity contribution in [1.29, 1.82) is 0 Å². The van der Waals surface area contributed by atoms with Gasteiger partial charge in [-0.2, -0.15) is 0 Å². The van der Waals surface area contributed by atoms with Gasteiger partial charge in [0.2, 0.25) is 5.88 Å². The first-order chi connectivity index (χ1) is 10.1. The molecule has 3 aromatic rings. The molecule has 0 aliphatic heterocycles. The van der Waals surface area contributed by atoms with Crippen molar-refractivity contribution in [3.63, 3.8) is 0 Å². The van der Waals surface area contributed by atoms with E-state index in [4.69, 9.17) is 10.3 Å². The summed E-state index contributed by atoms with van der Waals surface area (Å²) in [5.41, 5.74) is 5.70. The van der Waals surface area contributed by atoms with Crippen LogP contribution in [0.3, 0.4) is 0 Å². The largest absolute Gasteiger partial charge is 0.367 e. The number of nitrogens with zero attached hydrogens (tertiary/aromatic N) is 2. The number of pyridine rings is 1. The van der Waals surface area contributed by atoms with E-state index in [2.05, 4.69) is 10.1 Å². The number of anilines is 1. The summed E-state index contributed by atoms with van der Waals surface area (Å²) in [4.78, 5) is 3.90. The summed E-state index contributed by atoms with van der Waals surface area (Å²) >= 11 is 0. The van der Waals surface area contributed by atoms with Crippen LogP contribution in [0.1, 0.15) is 0 Å². The number of hydrogen-bond acceptors (Lipinski definition) is 4. The van der Waals surface area contributed by atoms with Gasteiger partial charge in [-0.3, -0.25) is 4.98 Å². The molecule has 0 radical (unpaired) electrons. The first-order valence-electron chi connectivity index (χ1n) is 5.88. The average Bonchev–Trinajstić information content (AvgIpc) is 2.80. The number of benzene rings is 1. The van der Waals surface area contributed by atoms with E-state index in [1.807, 2.05) is 0 Å². The summed E-state index contributed by atoms with van der Waals surface area (Å²) in [6.45, 7) is 0. The summed E-state index contributed by atoms with van der Waals surface area (Å²) in [6.07, 6.45) is 2.98. The van der Waals surface area contributed by atoms with Crippen LogP contribution in [0.4, 0.5) is 19.1 Å². The lowest BCUT2D eigenvalue weighted by atomic mass is 10.0. The van der Waals surface area contributed by atoms with Gasteiger partial charge in [0.1, 0.15) is 23.1 Å². The van der Waals surface area contributed by atoms with Crippen LogP contribution in [-0.4, -0.2) is 10.1 Å². The minimum absolute atomic E-state index is 0.110. The molecule has 0 fully saturated rings. The molecular weight excluding hydrogens is 283 g/mol. The molecule has 2 heterocycles. The molecule has 0 bridgehead atoms. The highest BCUT2D eigenvalue weighted by atomic mass is 19.1. The predicted molar refractivity (Wildman–Crippen MR) is 69.5 cm³/mol. The summed E-state index contributed by atoms with van der Waals surface area (Å²) < 4.78 is 45.6. The molecule has 0 unspecified atom stereocenters. The summed E-state index contributed by atoms with van der Waals surface area (Å²) in [5, 5.41) is 3.58. The lowest BCUT2D eigenvalue weighted by Gasteiger charge is -2.05. The fourth-order valence-corrected chi connectivity index (χ4v) is 2.03. The van der Waals surface area contributed by atoms with Crippen molar-refractivity contribution >= 4 is 5.88 Å². The molecule has 106 valence electrons. The third-order valence-corrected chi connectivity index (χ3v) is 2.91. The van der Waals surface area contributed by atoms with E-state index < -0.39 is 23.0 Å². The van der Waals surface area contributed by atoms with Crippen LogP contribution in [0.2, 0.25) is 0 Å². The molecule has 3 rings (SSSR count). The fraction of sp³-hybridized carbons (Fsp3) is 0. The van der Waals surface area contributed by atoms with E-state index in [1.165, 1.54) is 12.4 Å². The standard InChI is InChI=1S/C14H8F3N3O/c15-8-4-9(16)12(10(17)5-8)13-11(14(18)21-20-13)7-2-1-3-19-6-7/h1-6H,18H2. The maximum atomic E-state index is 13.9. The fourth-order valence-electron chi connectivity index (χ4n) is 2.03. The monoisotopic (exact) mass is 291 g/mol. The van der Waals surface area contributed by atoms with Crippen LogP contribution in [0.15, 0.2) is 41.2 Å². The van der Waals surface area contributed by atoms with Gasteiger partial charge in [-0.25, -0.2) is 13.2 Å². The highest BCUT2D eigenvalue weighted by Crippen LogP contribution is 2.38. The Morgan fingerprint density at radius 2 is 1.76 bits per heavy atom. The van der Waals surface area contributed by atoms with E-state index in [0.717, 1.165) is 0 Å². The molecule has 2 aromatic heterocycles. The molecule has 0 saturated carbocycles. The first-order valence-corrected chi connectivity index (χ1v) is 5.88. The van der Waals surface area contributed by atoms with Crippen LogP contribution >= 0.6 is 0 Å². The SMILES string of the molecule is Nc1onc(-c2c(F)cc(F)cc2F)c1-c1cccnc1. The van der Waals surface area contributed by atoms with E-state index in [9.17, 15) is 13.2 Å². The van der Waals surface area contributed by atoms with Crippen LogP contribution in [0.25, 0.3) is 22.4 Å². The molecular formula is C14H8F3N3O. The topological polar surface area (TPSA) is 64.9 Å². The van der Waals surface area contributed by atoms with Gasteiger partial charge in [0.05, 0.1) is 11.1 Å². The summed E-state index contributed by atoms with van der Waals surface area (Å²) in [6, 6.07) is 4.40. The van der Waals surface area contributed by atoms with E-state index >= 15 is 0 Å². The highest BCUT2D eigenvalue weighted by Gasteiger charge is 2.24. The number of nitrogens with two attached hydrogens (primary N) is 1. The van der Waals surface area contributed by atoms with Gasteiger partial charge in [0, 0.05) is 30.1 Å². The van der Waals surface area contributed by atoms with Crippen LogP contribution in [0.5, 0.6) is 0 Å². The molecule has 7 heteroatoms. The Morgan fingerprint density at radius 3 is 2.38 bits per heavy atom. The molecule has 21 heavy (non-hydrogen) atoms. The van der Waals surface area contributed by atoms with E-state index in [1.54, 1.807) is 12.1 Å². The van der Waals surface area contributed by atoms with Crippen molar-refractivity contribution in [2.24, 2.45) is 0 Å². The maximum Gasteiger partial charge on any atom is 0.230 e. The summed E-state index contributed by atoms with van der Waals surface area (Å²) in [5.74, 6) is -3.31. The Morgan fingerprint density at radius 1 is 1.05 bits per heavy atom. The quantitative estimate of drug-likeness (QED) is 0.786. The molecule has 4 nitrogen and oxygen atoms in total. The minimum Gasteiger partial charge on any atom is -0.367 e. The number of aromatic nitrogens is 2. The van der Waals surface area contributed by atoms with Gasteiger partial charge in [0.25, 0.3) is 0 Å². The Bertz CT molecular complexity index is 779. The second-order valence-electron chi connectivity index (χ2n) is 4.26. The van der Waals surface area contributed by atoms with Crippen LogP contribution in [0, 0.1) is 17.5 Å². The highest BCUT2D eigenvalue weighted by molar-refractivity contribution is 5.86. The number of halogens is 3. The van der Waals surface area contributed by atoms with Gasteiger partial charge in [-0.05, 0) is 6.07 Å². The molecule has 2 N–H and O–H groups in total. The average molecular weight is 291 g/mol. The van der Waals surface area contributed by atoms with Crippen LogP contribution < -0.4 is 5.73 Å². The van der Waals surface area contributed by atoms with E-state index in [0.29, 0.717) is 17.7 Å². The maximum absolute atomic E-state index is 13.9. The Hall–Kier alpha value is -2.83. The molecule has 0 saturated heterocycles. The minimum atomic E-state index is -1.09. The Balaban J connectivity index is 2.27. The number of rotatable bonds is 2. The van der Waals surface area contributed by atoms with Crippen molar-refractivity contribution in [1.82, 2.24) is 10.1 Å². The van der Waals surface area contributed by atoms with Crippen molar-refractivity contribution in [3.8, 4) is 22.4 Å². The van der Waals surface area contributed by atoms with Gasteiger partial charge in [0.15, 0.2) is 0 Å². The van der Waals surface area contributed by atoms with Gasteiger partial charge in [-0.15, -0.1) is 0 Å². The van der Waals surface area contributed by atoms with Crippen molar-refractivity contribution < 1.29 is 17.7 Å². The normalized spacial score (nSPS) is 10.8. The molecule has 0 atom stereocenters. The second kappa shape index (κ2) is 4.93. The zero-order valence-corrected chi connectivity index (χ0v) is 10.5. The second-order valence-corrected chi connectivity index (χ2v) is 4.26. The van der Waals surface area contributed by atoms with Crippen molar-refractivity contribution in [2.75, 3.05) is 5.73 Å². The van der Waals surface area contributed by atoms with Gasteiger partial charge in [-0.1, -0.05) is 11.2 Å². The van der Waals surface area contributed by atoms with Crippen LogP contribution in [-0.2, 0) is 0 Å². The van der Waals surface area contributed by atoms with Gasteiger partial charge >= 0.3 is 0 Å². The lowest BCUT2D eigenvalue weighted by molar-refractivity contribution is 0.437. The molecule has 0 aliphatic rings. The zero-order chi connectivity index (χ0) is 15.0. The smallest absolute Gasteiger partial charge is 0.230 e. The molecule has 0 amide bonds. The van der Waals surface area contributed by atoms with Crippen molar-refractivity contribution in [3.05, 3.63) is 54.1 Å². The molecule has 0 spiro atoms. The third kappa shape index (κ3) is 2.22.